The predicted octanol–water partition coefficient (Wildman–Crippen LogP) is 5.64. The van der Waals surface area contributed by atoms with Crippen molar-refractivity contribution in [2.24, 2.45) is 15.0 Å². The van der Waals surface area contributed by atoms with Crippen molar-refractivity contribution in [3.8, 4) is 0 Å². The molecule has 0 saturated heterocycles. The lowest BCUT2D eigenvalue weighted by molar-refractivity contribution is 1.13. The van der Waals surface area contributed by atoms with Crippen LogP contribution in [0.3, 0.4) is 0 Å². The van der Waals surface area contributed by atoms with E-state index in [-0.39, 0.29) is 0 Å². The van der Waals surface area contributed by atoms with Crippen LogP contribution < -0.4 is 4.90 Å². The Bertz CT molecular complexity index is 860. The van der Waals surface area contributed by atoms with E-state index in [1.807, 2.05) is 60.0 Å². The molecule has 1 rings (SSSR count). The summed E-state index contributed by atoms with van der Waals surface area (Å²) >= 11 is 0. The Kier molecular flexibility index (Phi) is 9.03. The summed E-state index contributed by atoms with van der Waals surface area (Å²) in [5, 5.41) is 0. The third kappa shape index (κ3) is 7.70. The minimum absolute atomic E-state index is 0.665. The molecule has 0 spiro atoms. The molecule has 0 heterocycles. The van der Waals surface area contributed by atoms with Gasteiger partial charge in [-0.3, -0.25) is 15.0 Å². The molecular weight excluding hydrogens is 344 g/mol. The zero-order valence-corrected chi connectivity index (χ0v) is 18.2. The zero-order valence-electron chi connectivity index (χ0n) is 18.2. The third-order valence-corrected chi connectivity index (χ3v) is 4.18. The fraction of sp³-hybridized carbons (Fsp3) is 0.292. The average Bonchev–Trinajstić information content (AvgIpc) is 2.65. The van der Waals surface area contributed by atoms with Gasteiger partial charge in [-0.2, -0.15) is 0 Å². The highest BCUT2D eigenvalue weighted by molar-refractivity contribution is 6.03. The molecule has 1 aromatic rings. The number of hydrogen-bond donors (Lipinski definition) is 0. The molecule has 0 aliphatic heterocycles. The largest absolute Gasteiger partial charge is 0.378 e. The van der Waals surface area contributed by atoms with Crippen molar-refractivity contribution in [2.75, 3.05) is 26.0 Å². The molecule has 0 atom stereocenters. The number of aliphatic imine (C=N–C) groups is 3. The van der Waals surface area contributed by atoms with Crippen molar-refractivity contribution in [1.82, 2.24) is 0 Å². The number of nitrogens with zero attached hydrogens (tertiary/aromatic N) is 4. The Morgan fingerprint density at radius 2 is 1.54 bits per heavy atom. The minimum atomic E-state index is 0.665. The Hall–Kier alpha value is -3.01. The molecule has 0 fully saturated rings. The number of benzene rings is 1. The molecule has 0 unspecified atom stereocenters. The summed E-state index contributed by atoms with van der Waals surface area (Å²) in [6.45, 7) is 15.9. The normalized spacial score (nSPS) is 13.8. The summed E-state index contributed by atoms with van der Waals surface area (Å²) in [5.41, 5.74) is 7.29. The van der Waals surface area contributed by atoms with E-state index in [0.29, 0.717) is 5.70 Å². The summed E-state index contributed by atoms with van der Waals surface area (Å²) < 4.78 is 0. The van der Waals surface area contributed by atoms with E-state index in [9.17, 15) is 0 Å². The molecule has 148 valence electrons. The van der Waals surface area contributed by atoms with Gasteiger partial charge in [0.1, 0.15) is 0 Å². The van der Waals surface area contributed by atoms with Crippen LogP contribution in [0, 0.1) is 0 Å². The van der Waals surface area contributed by atoms with E-state index in [0.717, 1.165) is 39.7 Å². The maximum Gasteiger partial charge on any atom is 0.0579 e. The van der Waals surface area contributed by atoms with Gasteiger partial charge in [0.15, 0.2) is 0 Å². The molecule has 0 bridgehead atoms. The van der Waals surface area contributed by atoms with Gasteiger partial charge in [0.05, 0.1) is 5.70 Å². The predicted molar refractivity (Wildman–Crippen MR) is 126 cm³/mol. The molecule has 0 aliphatic carbocycles. The molecule has 1 aromatic carbocycles. The smallest absolute Gasteiger partial charge is 0.0579 e. The van der Waals surface area contributed by atoms with Crippen molar-refractivity contribution in [1.29, 1.82) is 0 Å². The third-order valence-electron chi connectivity index (χ3n) is 4.18. The summed E-state index contributed by atoms with van der Waals surface area (Å²) in [6.07, 6.45) is 5.72. The zero-order chi connectivity index (χ0) is 21.3. The Labute approximate surface area is 170 Å². The second-order valence-electron chi connectivity index (χ2n) is 6.84. The topological polar surface area (TPSA) is 40.3 Å². The van der Waals surface area contributed by atoms with Crippen LogP contribution in [0.2, 0.25) is 0 Å². The van der Waals surface area contributed by atoms with Gasteiger partial charge < -0.3 is 4.90 Å². The van der Waals surface area contributed by atoms with E-state index in [1.54, 1.807) is 7.05 Å². The molecule has 0 aromatic heterocycles. The van der Waals surface area contributed by atoms with Crippen LogP contribution in [0.25, 0.3) is 0 Å². The van der Waals surface area contributed by atoms with Crippen LogP contribution in [-0.4, -0.2) is 38.3 Å². The van der Waals surface area contributed by atoms with Gasteiger partial charge >= 0.3 is 0 Å². The van der Waals surface area contributed by atoms with Crippen LogP contribution in [0.4, 0.5) is 5.69 Å². The molecule has 0 N–H and O–H groups in total. The van der Waals surface area contributed by atoms with Crippen LogP contribution >= 0.6 is 0 Å². The lowest BCUT2D eigenvalue weighted by atomic mass is 10.1. The summed E-state index contributed by atoms with van der Waals surface area (Å²) in [7, 11) is 5.81. The maximum atomic E-state index is 4.60. The molecule has 28 heavy (non-hydrogen) atoms. The van der Waals surface area contributed by atoms with Crippen molar-refractivity contribution in [3.05, 3.63) is 78.2 Å². The fourth-order valence-electron chi connectivity index (χ4n) is 2.34. The van der Waals surface area contributed by atoms with Crippen molar-refractivity contribution >= 4 is 22.8 Å². The fourth-order valence-corrected chi connectivity index (χ4v) is 2.34. The van der Waals surface area contributed by atoms with Gasteiger partial charge in [-0.15, -0.1) is 0 Å². The van der Waals surface area contributed by atoms with Crippen LogP contribution in [0.1, 0.15) is 33.3 Å². The lowest BCUT2D eigenvalue weighted by Crippen LogP contribution is -2.08. The van der Waals surface area contributed by atoms with Crippen LogP contribution in [-0.2, 0) is 0 Å². The molecule has 0 radical (unpaired) electrons. The van der Waals surface area contributed by atoms with Gasteiger partial charge in [0, 0.05) is 49.7 Å². The number of rotatable bonds is 8. The first-order valence-electron chi connectivity index (χ1n) is 9.20. The first-order chi connectivity index (χ1) is 13.1. The van der Waals surface area contributed by atoms with Gasteiger partial charge in [-0.25, -0.2) is 0 Å². The Morgan fingerprint density at radius 3 is 2.07 bits per heavy atom. The van der Waals surface area contributed by atoms with Crippen LogP contribution in [0.5, 0.6) is 0 Å². The number of hydrogen-bond acceptors (Lipinski definition) is 4. The summed E-state index contributed by atoms with van der Waals surface area (Å²) in [4.78, 5) is 15.3. The van der Waals surface area contributed by atoms with Crippen molar-refractivity contribution in [3.63, 3.8) is 0 Å². The SMILES string of the molecule is C=C(/C=C(\C)N=C(C)C(=C)/C=C\C(C)=NC)N=C(C)c1ccc(N(C)C)cc1. The molecule has 0 amide bonds. The molecule has 0 aliphatic rings. The average molecular weight is 377 g/mol. The highest BCUT2D eigenvalue weighted by Gasteiger charge is 2.01. The Morgan fingerprint density at radius 1 is 0.929 bits per heavy atom. The second kappa shape index (κ2) is 11.0. The van der Waals surface area contributed by atoms with E-state index >= 15 is 0 Å². The van der Waals surface area contributed by atoms with Gasteiger partial charge in [-0.1, -0.05) is 31.4 Å². The van der Waals surface area contributed by atoms with Crippen molar-refractivity contribution < 1.29 is 0 Å². The summed E-state index contributed by atoms with van der Waals surface area (Å²) in [6, 6.07) is 8.29. The van der Waals surface area contributed by atoms with Gasteiger partial charge in [0.25, 0.3) is 0 Å². The van der Waals surface area contributed by atoms with Crippen LogP contribution in [0.15, 0.2) is 87.6 Å². The van der Waals surface area contributed by atoms with E-state index in [4.69, 9.17) is 0 Å². The standard InChI is InChI=1S/C24H32N4/c1-17(10-11-18(2)25-7)21(5)26-19(3)16-20(4)27-22(6)23-12-14-24(15-13-23)28(8)9/h10-16H,1,4H2,2-3,5-9H3/b11-10-,19-16+,25-18?,26-21?,27-22?. The highest BCUT2D eigenvalue weighted by atomic mass is 15.1. The molecule has 0 saturated carbocycles. The van der Waals surface area contributed by atoms with Crippen molar-refractivity contribution in [2.45, 2.75) is 27.7 Å². The van der Waals surface area contributed by atoms with E-state index < -0.39 is 0 Å². The van der Waals surface area contributed by atoms with Gasteiger partial charge in [0.2, 0.25) is 0 Å². The first kappa shape index (κ1) is 23.0. The van der Waals surface area contributed by atoms with Gasteiger partial charge in [-0.05, 0) is 63.1 Å². The first-order valence-corrected chi connectivity index (χ1v) is 9.20. The van der Waals surface area contributed by atoms with E-state index in [2.05, 4.69) is 57.3 Å². The van der Waals surface area contributed by atoms with E-state index in [1.165, 1.54) is 0 Å². The Balaban J connectivity index is 2.88. The lowest BCUT2D eigenvalue weighted by Gasteiger charge is -2.12. The minimum Gasteiger partial charge on any atom is -0.378 e. The summed E-state index contributed by atoms with van der Waals surface area (Å²) in [5.74, 6) is 0. The molecule has 4 heteroatoms. The number of allylic oxidation sites excluding steroid dienone is 5. The highest BCUT2D eigenvalue weighted by Crippen LogP contribution is 2.14. The quantitative estimate of drug-likeness (QED) is 0.427. The second-order valence-corrected chi connectivity index (χ2v) is 6.84. The molecule has 4 nitrogen and oxygen atoms in total. The monoisotopic (exact) mass is 376 g/mol. The maximum absolute atomic E-state index is 4.60. The molecular formula is C24H32N4. The number of anilines is 1.